The van der Waals surface area contributed by atoms with Crippen molar-refractivity contribution in [2.24, 2.45) is 17.3 Å². The summed E-state index contributed by atoms with van der Waals surface area (Å²) in [5.74, 6) is -0.0645. The van der Waals surface area contributed by atoms with E-state index in [0.29, 0.717) is 19.3 Å². The molecule has 2 bridgehead atoms. The van der Waals surface area contributed by atoms with Crippen LogP contribution < -0.4 is 0 Å². The van der Waals surface area contributed by atoms with Crippen molar-refractivity contribution in [2.75, 3.05) is 14.1 Å². The fraction of sp³-hybridized carbons (Fsp3) is 0.690. The Hall–Kier alpha value is -1.77. The monoisotopic (exact) mass is 493 g/mol. The number of nitrogens with one attached hydrogen (secondary N) is 1. The predicted molar refractivity (Wildman–Crippen MR) is 137 cm³/mol. The molecule has 194 valence electrons. The lowest BCUT2D eigenvalue weighted by atomic mass is 9.51. The molecule has 4 N–H and O–H groups in total. The summed E-state index contributed by atoms with van der Waals surface area (Å²) in [6.07, 6.45) is 5.91. The van der Waals surface area contributed by atoms with Gasteiger partial charge in [0.2, 0.25) is 0 Å². The van der Waals surface area contributed by atoms with Crippen LogP contribution in [0.3, 0.4) is 0 Å². The van der Waals surface area contributed by atoms with Gasteiger partial charge in [-0.05, 0) is 88.6 Å². The number of aryl methyl sites for hydroxylation is 1. The van der Waals surface area contributed by atoms with Crippen LogP contribution in [0.15, 0.2) is 24.3 Å². The van der Waals surface area contributed by atoms with Gasteiger partial charge in [0.15, 0.2) is 0 Å². The number of aromatic nitrogens is 2. The van der Waals surface area contributed by atoms with Crippen LogP contribution in [0.1, 0.15) is 63.1 Å². The number of ether oxygens (including phenoxy) is 1. The molecule has 3 unspecified atom stereocenters. The average molecular weight is 494 g/mol. The molecule has 3 heterocycles. The van der Waals surface area contributed by atoms with E-state index < -0.39 is 29.0 Å². The third kappa shape index (κ3) is 2.68. The van der Waals surface area contributed by atoms with Gasteiger partial charge in [0, 0.05) is 29.0 Å². The lowest BCUT2D eigenvalue weighted by Crippen LogP contribution is -2.73. The second-order valence-corrected chi connectivity index (χ2v) is 13.0. The first kappa shape index (κ1) is 23.4. The van der Waals surface area contributed by atoms with E-state index in [-0.39, 0.29) is 23.3 Å². The highest BCUT2D eigenvalue weighted by Crippen LogP contribution is 2.71. The van der Waals surface area contributed by atoms with Crippen LogP contribution in [-0.4, -0.2) is 79.6 Å². The SMILES string of the molecule is Cc1[nH]nc2cc(C3=CCC4[C@@]56CC[C@]7(C[C@H](N(C)C)[C@@H](O)[C@H](O)C7CC5(O)CC[C@]34C)O6)ccc12. The van der Waals surface area contributed by atoms with Crippen LogP contribution in [0.2, 0.25) is 0 Å². The molecule has 2 aromatic rings. The fourth-order valence-electron chi connectivity index (χ4n) is 9.37. The van der Waals surface area contributed by atoms with E-state index in [1.54, 1.807) is 0 Å². The number of aliphatic hydroxyl groups is 3. The Morgan fingerprint density at radius 3 is 2.67 bits per heavy atom. The summed E-state index contributed by atoms with van der Waals surface area (Å²) in [6.45, 7) is 4.42. The van der Waals surface area contributed by atoms with Gasteiger partial charge in [-0.15, -0.1) is 0 Å². The van der Waals surface area contributed by atoms with Crippen LogP contribution in [0.25, 0.3) is 16.5 Å². The molecule has 2 saturated carbocycles. The molecule has 7 rings (SSSR count). The van der Waals surface area contributed by atoms with Crippen molar-refractivity contribution < 1.29 is 20.1 Å². The highest BCUT2D eigenvalue weighted by molar-refractivity contribution is 5.86. The molecule has 4 fully saturated rings. The molecule has 2 spiro atoms. The fourth-order valence-corrected chi connectivity index (χ4v) is 9.37. The zero-order valence-corrected chi connectivity index (χ0v) is 21.8. The topological polar surface area (TPSA) is 102 Å². The number of aromatic amines is 1. The van der Waals surface area contributed by atoms with Gasteiger partial charge in [-0.3, -0.25) is 5.10 Å². The molecule has 0 radical (unpaired) electrons. The van der Waals surface area contributed by atoms with Gasteiger partial charge < -0.3 is 25.0 Å². The number of likely N-dealkylation sites (N-methyl/N-ethyl adjacent to an activating group) is 1. The van der Waals surface area contributed by atoms with Crippen molar-refractivity contribution in [2.45, 2.75) is 93.8 Å². The third-order valence-corrected chi connectivity index (χ3v) is 11.3. The normalized spacial score (nSPS) is 47.6. The highest BCUT2D eigenvalue weighted by atomic mass is 16.6. The van der Waals surface area contributed by atoms with Crippen molar-refractivity contribution in [1.29, 1.82) is 0 Å². The first-order valence-corrected chi connectivity index (χ1v) is 13.6. The van der Waals surface area contributed by atoms with Gasteiger partial charge >= 0.3 is 0 Å². The molecule has 1 aromatic heterocycles. The molecule has 2 saturated heterocycles. The maximum Gasteiger partial charge on any atom is 0.102 e. The predicted octanol–water partition coefficient (Wildman–Crippen LogP) is 3.17. The minimum absolute atomic E-state index is 0.0998. The summed E-state index contributed by atoms with van der Waals surface area (Å²) in [6, 6.07) is 6.43. The van der Waals surface area contributed by atoms with E-state index in [9.17, 15) is 15.3 Å². The van der Waals surface area contributed by atoms with E-state index in [4.69, 9.17) is 4.74 Å². The van der Waals surface area contributed by atoms with Crippen LogP contribution in [0.5, 0.6) is 0 Å². The summed E-state index contributed by atoms with van der Waals surface area (Å²) >= 11 is 0. The summed E-state index contributed by atoms with van der Waals surface area (Å²) in [5.41, 5.74) is 2.43. The van der Waals surface area contributed by atoms with Crippen molar-refractivity contribution in [3.05, 3.63) is 35.5 Å². The van der Waals surface area contributed by atoms with Crippen LogP contribution in [-0.2, 0) is 4.74 Å². The lowest BCUT2D eigenvalue weighted by Gasteiger charge is -2.65. The lowest BCUT2D eigenvalue weighted by molar-refractivity contribution is -0.331. The maximum atomic E-state index is 12.3. The Balaban J connectivity index is 1.27. The Morgan fingerprint density at radius 1 is 1.08 bits per heavy atom. The van der Waals surface area contributed by atoms with Gasteiger partial charge in [-0.1, -0.05) is 25.1 Å². The molecule has 36 heavy (non-hydrogen) atoms. The van der Waals surface area contributed by atoms with Gasteiger partial charge in [-0.25, -0.2) is 0 Å². The minimum Gasteiger partial charge on any atom is -0.390 e. The molecule has 7 heteroatoms. The number of benzene rings is 1. The van der Waals surface area contributed by atoms with Crippen LogP contribution in [0, 0.1) is 24.2 Å². The molecule has 2 aliphatic heterocycles. The summed E-state index contributed by atoms with van der Waals surface area (Å²) in [7, 11) is 3.92. The average Bonchev–Trinajstić information content (AvgIpc) is 3.50. The number of H-pyrrole nitrogens is 1. The smallest absolute Gasteiger partial charge is 0.102 e. The molecule has 9 atom stereocenters. The molecular weight excluding hydrogens is 454 g/mol. The Bertz CT molecular complexity index is 1270. The molecule has 0 amide bonds. The minimum atomic E-state index is -0.986. The Labute approximate surface area is 212 Å². The number of rotatable bonds is 2. The van der Waals surface area contributed by atoms with E-state index in [0.717, 1.165) is 42.3 Å². The van der Waals surface area contributed by atoms with Crippen molar-refractivity contribution in [3.8, 4) is 0 Å². The third-order valence-electron chi connectivity index (χ3n) is 11.3. The van der Waals surface area contributed by atoms with Crippen molar-refractivity contribution >= 4 is 16.5 Å². The second kappa shape index (κ2) is 7.20. The molecule has 3 aliphatic carbocycles. The zero-order valence-electron chi connectivity index (χ0n) is 21.8. The van der Waals surface area contributed by atoms with Crippen molar-refractivity contribution in [3.63, 3.8) is 0 Å². The molecule has 7 nitrogen and oxygen atoms in total. The van der Waals surface area contributed by atoms with Gasteiger partial charge in [0.25, 0.3) is 0 Å². The summed E-state index contributed by atoms with van der Waals surface area (Å²) < 4.78 is 7.22. The van der Waals surface area contributed by atoms with E-state index in [1.807, 2.05) is 25.9 Å². The van der Waals surface area contributed by atoms with E-state index >= 15 is 0 Å². The van der Waals surface area contributed by atoms with Crippen LogP contribution in [0.4, 0.5) is 0 Å². The molecule has 5 aliphatic rings. The Morgan fingerprint density at radius 2 is 1.89 bits per heavy atom. The van der Waals surface area contributed by atoms with E-state index in [1.165, 1.54) is 11.1 Å². The van der Waals surface area contributed by atoms with Gasteiger partial charge in [0.05, 0.1) is 28.9 Å². The first-order chi connectivity index (χ1) is 17.0. The number of hydrogen-bond donors (Lipinski definition) is 4. The number of allylic oxidation sites excluding steroid dienone is 2. The number of fused-ring (bicyclic) bond motifs is 2. The highest BCUT2D eigenvalue weighted by Gasteiger charge is 2.76. The van der Waals surface area contributed by atoms with Crippen LogP contribution >= 0.6 is 0 Å². The second-order valence-electron chi connectivity index (χ2n) is 13.0. The first-order valence-electron chi connectivity index (χ1n) is 13.6. The summed E-state index contributed by atoms with van der Waals surface area (Å²) in [5, 5.41) is 43.2. The van der Waals surface area contributed by atoms with Gasteiger partial charge in [0.1, 0.15) is 5.60 Å². The largest absolute Gasteiger partial charge is 0.390 e. The van der Waals surface area contributed by atoms with Gasteiger partial charge in [-0.2, -0.15) is 5.10 Å². The number of nitrogens with zero attached hydrogens (tertiary/aromatic N) is 2. The number of hydrogen-bond acceptors (Lipinski definition) is 6. The standard InChI is InChI=1S/C29H39N3O4/c1-16-18-6-5-17(13-21(18)31-30-16)19-7-8-23-26(19,2)9-11-28(35)14-20-24(33)25(34)22(32(3)4)15-27(20)10-12-29(23,28)36-27/h5-7,13,20,22-25,33-35H,8-12,14-15H2,1-4H3,(H,30,31)/t20?,22-,23?,24+,25+,26+,27+,28?,29-/m0/s1. The van der Waals surface area contributed by atoms with Crippen molar-refractivity contribution in [1.82, 2.24) is 15.1 Å². The van der Waals surface area contributed by atoms with E-state index in [2.05, 4.69) is 41.4 Å². The Kier molecular flexibility index (Phi) is 4.67. The number of aliphatic hydroxyl groups excluding tert-OH is 2. The molecule has 1 aromatic carbocycles. The summed E-state index contributed by atoms with van der Waals surface area (Å²) in [4.78, 5) is 2.02. The molecular formula is C29H39N3O4. The maximum absolute atomic E-state index is 12.3. The zero-order chi connectivity index (χ0) is 25.3. The quantitative estimate of drug-likeness (QED) is 0.513.